The summed E-state index contributed by atoms with van der Waals surface area (Å²) in [5.74, 6) is -2.81. The van der Waals surface area contributed by atoms with Crippen molar-refractivity contribution < 1.29 is 24.3 Å². The summed E-state index contributed by atoms with van der Waals surface area (Å²) in [6, 6.07) is -0.618. The van der Waals surface area contributed by atoms with Crippen molar-refractivity contribution in [1.29, 1.82) is 0 Å². The standard InChI is InChI=1S/C18H29N3O5/c1-20-16(24)14(17(25)21(2)18(20)26)13-19-12-10-8-6-4-3-5-7-9-11-15(22)23/h13-14H,3-12H2,1-2H3,(H,22,23). The smallest absolute Gasteiger partial charge is 0.332 e. The largest absolute Gasteiger partial charge is 0.481 e. The predicted octanol–water partition coefficient (Wildman–Crippen LogP) is 2.32. The molecular formula is C18H29N3O5. The SMILES string of the molecule is CN1C(=O)C(C=NCCCCCCCCCCC(=O)O)C(=O)N(C)C1=O. The minimum Gasteiger partial charge on any atom is -0.481 e. The number of rotatable bonds is 12. The van der Waals surface area contributed by atoms with Gasteiger partial charge in [0.25, 0.3) is 0 Å². The molecule has 1 aliphatic heterocycles. The second kappa shape index (κ2) is 11.4. The zero-order valence-electron chi connectivity index (χ0n) is 15.6. The first-order valence-corrected chi connectivity index (χ1v) is 9.17. The fraction of sp³-hybridized carbons (Fsp3) is 0.722. The molecule has 1 aliphatic rings. The lowest BCUT2D eigenvalue weighted by Crippen LogP contribution is -2.57. The number of carboxylic acid groups (broad SMARTS) is 1. The molecule has 26 heavy (non-hydrogen) atoms. The van der Waals surface area contributed by atoms with Crippen LogP contribution in [0.15, 0.2) is 4.99 Å². The van der Waals surface area contributed by atoms with Crippen molar-refractivity contribution in [2.45, 2.75) is 57.8 Å². The van der Waals surface area contributed by atoms with E-state index in [0.717, 1.165) is 61.2 Å². The summed E-state index contributed by atoms with van der Waals surface area (Å²) in [6.07, 6.45) is 9.62. The number of carbonyl (C=O) groups excluding carboxylic acids is 3. The first-order chi connectivity index (χ1) is 12.4. The van der Waals surface area contributed by atoms with Crippen LogP contribution >= 0.6 is 0 Å². The maximum atomic E-state index is 12.0. The van der Waals surface area contributed by atoms with Crippen LogP contribution in [0.3, 0.4) is 0 Å². The third kappa shape index (κ3) is 6.93. The fourth-order valence-corrected chi connectivity index (χ4v) is 2.78. The second-order valence-electron chi connectivity index (χ2n) is 6.58. The number of carboxylic acids is 1. The van der Waals surface area contributed by atoms with Crippen molar-refractivity contribution in [3.8, 4) is 0 Å². The van der Waals surface area contributed by atoms with Gasteiger partial charge in [-0.25, -0.2) is 4.79 Å². The lowest BCUT2D eigenvalue weighted by Gasteiger charge is -2.31. The van der Waals surface area contributed by atoms with E-state index in [1.54, 1.807) is 0 Å². The molecule has 0 unspecified atom stereocenters. The fourth-order valence-electron chi connectivity index (χ4n) is 2.78. The van der Waals surface area contributed by atoms with Crippen LogP contribution in [0.4, 0.5) is 4.79 Å². The number of nitrogens with zero attached hydrogens (tertiary/aromatic N) is 3. The van der Waals surface area contributed by atoms with E-state index < -0.39 is 29.7 Å². The summed E-state index contributed by atoms with van der Waals surface area (Å²) in [4.78, 5) is 52.0. The molecule has 1 N–H and O–H groups in total. The van der Waals surface area contributed by atoms with Gasteiger partial charge in [-0.2, -0.15) is 0 Å². The molecule has 146 valence electrons. The van der Waals surface area contributed by atoms with E-state index in [4.69, 9.17) is 5.11 Å². The van der Waals surface area contributed by atoms with Gasteiger partial charge >= 0.3 is 12.0 Å². The monoisotopic (exact) mass is 367 g/mol. The molecule has 0 spiro atoms. The molecule has 0 bridgehead atoms. The van der Waals surface area contributed by atoms with Crippen LogP contribution in [0.1, 0.15) is 57.8 Å². The maximum absolute atomic E-state index is 12.0. The molecule has 0 aromatic heterocycles. The van der Waals surface area contributed by atoms with E-state index in [0.29, 0.717) is 6.54 Å². The molecule has 8 nitrogen and oxygen atoms in total. The highest BCUT2D eigenvalue weighted by Gasteiger charge is 2.41. The van der Waals surface area contributed by atoms with E-state index in [1.807, 2.05) is 0 Å². The highest BCUT2D eigenvalue weighted by molar-refractivity contribution is 6.23. The Morgan fingerprint density at radius 2 is 1.38 bits per heavy atom. The average Bonchev–Trinajstić information content (AvgIpc) is 2.61. The molecule has 0 aromatic carbocycles. The van der Waals surface area contributed by atoms with Gasteiger partial charge in [-0.15, -0.1) is 0 Å². The van der Waals surface area contributed by atoms with Crippen LogP contribution in [-0.4, -0.2) is 65.6 Å². The average molecular weight is 367 g/mol. The van der Waals surface area contributed by atoms with Crippen LogP contribution < -0.4 is 0 Å². The number of amides is 4. The number of urea groups is 1. The molecule has 1 rings (SSSR count). The summed E-state index contributed by atoms with van der Waals surface area (Å²) < 4.78 is 0. The van der Waals surface area contributed by atoms with Crippen molar-refractivity contribution in [2.24, 2.45) is 10.9 Å². The quantitative estimate of drug-likeness (QED) is 0.323. The van der Waals surface area contributed by atoms with Crippen molar-refractivity contribution in [3.63, 3.8) is 0 Å². The molecule has 0 aromatic rings. The van der Waals surface area contributed by atoms with Crippen molar-refractivity contribution in [3.05, 3.63) is 0 Å². The van der Waals surface area contributed by atoms with Crippen molar-refractivity contribution in [1.82, 2.24) is 9.80 Å². The summed E-state index contributed by atoms with van der Waals surface area (Å²) in [5, 5.41) is 8.54. The molecule has 0 atom stereocenters. The molecule has 1 saturated heterocycles. The molecule has 0 saturated carbocycles. The Morgan fingerprint density at radius 1 is 0.923 bits per heavy atom. The Morgan fingerprint density at radius 3 is 1.88 bits per heavy atom. The Balaban J connectivity index is 2.12. The van der Waals surface area contributed by atoms with Gasteiger partial charge in [0.15, 0.2) is 5.92 Å². The minimum atomic E-state index is -1.01. The summed E-state index contributed by atoms with van der Waals surface area (Å²) in [7, 11) is 2.71. The van der Waals surface area contributed by atoms with Gasteiger partial charge in [0.2, 0.25) is 11.8 Å². The van der Waals surface area contributed by atoms with Crippen molar-refractivity contribution in [2.75, 3.05) is 20.6 Å². The lowest BCUT2D eigenvalue weighted by molar-refractivity contribution is -0.144. The summed E-state index contributed by atoms with van der Waals surface area (Å²) >= 11 is 0. The second-order valence-corrected chi connectivity index (χ2v) is 6.58. The topological polar surface area (TPSA) is 107 Å². The first kappa shape index (κ1) is 21.8. The number of unbranched alkanes of at least 4 members (excludes halogenated alkanes) is 7. The molecule has 4 amide bonds. The van der Waals surface area contributed by atoms with E-state index in [1.165, 1.54) is 20.3 Å². The van der Waals surface area contributed by atoms with Gasteiger partial charge in [-0.05, 0) is 12.8 Å². The van der Waals surface area contributed by atoms with E-state index in [9.17, 15) is 19.2 Å². The van der Waals surface area contributed by atoms with Crippen LogP contribution in [0, 0.1) is 5.92 Å². The van der Waals surface area contributed by atoms with Gasteiger partial charge < -0.3 is 5.11 Å². The number of carbonyl (C=O) groups is 4. The number of barbiturate groups is 1. The Kier molecular flexibility index (Phi) is 9.54. The Labute approximate surface area is 154 Å². The molecule has 0 aliphatic carbocycles. The number of aliphatic carboxylic acids is 1. The normalized spacial score (nSPS) is 16.2. The van der Waals surface area contributed by atoms with E-state index in [2.05, 4.69) is 4.99 Å². The predicted molar refractivity (Wildman–Crippen MR) is 97.0 cm³/mol. The highest BCUT2D eigenvalue weighted by atomic mass is 16.4. The van der Waals surface area contributed by atoms with Gasteiger partial charge in [-0.3, -0.25) is 29.2 Å². The van der Waals surface area contributed by atoms with Gasteiger partial charge in [-0.1, -0.05) is 38.5 Å². The molecule has 1 heterocycles. The van der Waals surface area contributed by atoms with Gasteiger partial charge in [0.05, 0.1) is 0 Å². The van der Waals surface area contributed by atoms with E-state index >= 15 is 0 Å². The summed E-state index contributed by atoms with van der Waals surface area (Å²) in [6.45, 7) is 0.553. The van der Waals surface area contributed by atoms with Crippen molar-refractivity contribution >= 4 is 30.0 Å². The van der Waals surface area contributed by atoms with E-state index in [-0.39, 0.29) is 6.42 Å². The first-order valence-electron chi connectivity index (χ1n) is 9.17. The summed E-state index contributed by atoms with van der Waals surface area (Å²) in [5.41, 5.74) is 0. The molecular weight excluding hydrogens is 338 g/mol. The lowest BCUT2D eigenvalue weighted by atomic mass is 10.1. The van der Waals surface area contributed by atoms with Crippen LogP contribution in [0.2, 0.25) is 0 Å². The number of aliphatic imine (C=N–C) groups is 1. The number of imide groups is 2. The molecule has 0 radical (unpaired) electrons. The number of hydrogen-bond donors (Lipinski definition) is 1. The molecule has 1 fully saturated rings. The van der Waals surface area contributed by atoms with Gasteiger partial charge in [0, 0.05) is 33.3 Å². The minimum absolute atomic E-state index is 0.254. The third-order valence-electron chi connectivity index (χ3n) is 4.45. The zero-order chi connectivity index (χ0) is 19.5. The van der Waals surface area contributed by atoms with Crippen LogP contribution in [0.5, 0.6) is 0 Å². The Bertz CT molecular complexity index is 523. The van der Waals surface area contributed by atoms with Crippen LogP contribution in [-0.2, 0) is 14.4 Å². The number of hydrogen-bond acceptors (Lipinski definition) is 5. The highest BCUT2D eigenvalue weighted by Crippen LogP contribution is 2.14. The van der Waals surface area contributed by atoms with Crippen LogP contribution in [0.25, 0.3) is 0 Å². The maximum Gasteiger partial charge on any atom is 0.332 e. The third-order valence-corrected chi connectivity index (χ3v) is 4.45. The Hall–Kier alpha value is -2.25. The zero-order valence-corrected chi connectivity index (χ0v) is 15.6. The molecule has 8 heteroatoms. The van der Waals surface area contributed by atoms with Gasteiger partial charge in [0.1, 0.15) is 0 Å².